The van der Waals surface area contributed by atoms with Gasteiger partial charge in [0.2, 0.25) is 0 Å². The first-order valence-corrected chi connectivity index (χ1v) is 3.40. The number of carbonyl (C=O) groups is 1. The summed E-state index contributed by atoms with van der Waals surface area (Å²) >= 11 is 0. The van der Waals surface area contributed by atoms with Gasteiger partial charge >= 0.3 is 6.09 Å². The third-order valence-electron chi connectivity index (χ3n) is 1.72. The summed E-state index contributed by atoms with van der Waals surface area (Å²) in [5.41, 5.74) is 0. The minimum absolute atomic E-state index is 0.230. The fourth-order valence-corrected chi connectivity index (χ4v) is 1.13. The molecule has 0 aromatic carbocycles. The van der Waals surface area contributed by atoms with Crippen molar-refractivity contribution in [3.63, 3.8) is 0 Å². The van der Waals surface area contributed by atoms with E-state index in [9.17, 15) is 4.79 Å². The van der Waals surface area contributed by atoms with Crippen molar-refractivity contribution in [3.05, 3.63) is 6.92 Å². The first-order chi connectivity index (χ1) is 4.74. The first-order valence-electron chi connectivity index (χ1n) is 3.40. The van der Waals surface area contributed by atoms with Crippen LogP contribution in [-0.2, 0) is 4.74 Å². The SMILES string of the molecule is [CH2]C1CCN(C(=O)OC)C1. The Hall–Kier alpha value is -0.730. The quantitative estimate of drug-likeness (QED) is 0.503. The minimum Gasteiger partial charge on any atom is -0.453 e. The van der Waals surface area contributed by atoms with Crippen molar-refractivity contribution in [2.24, 2.45) is 5.92 Å². The zero-order chi connectivity index (χ0) is 7.56. The van der Waals surface area contributed by atoms with E-state index in [1.54, 1.807) is 4.90 Å². The van der Waals surface area contributed by atoms with E-state index >= 15 is 0 Å². The number of hydrogen-bond donors (Lipinski definition) is 0. The van der Waals surface area contributed by atoms with Crippen LogP contribution in [0.1, 0.15) is 6.42 Å². The predicted molar refractivity (Wildman–Crippen MR) is 37.4 cm³/mol. The minimum atomic E-state index is -0.230. The number of nitrogens with zero attached hydrogens (tertiary/aromatic N) is 1. The second-order valence-electron chi connectivity index (χ2n) is 2.57. The van der Waals surface area contributed by atoms with Gasteiger partial charge in [-0.3, -0.25) is 0 Å². The fourth-order valence-electron chi connectivity index (χ4n) is 1.13. The summed E-state index contributed by atoms with van der Waals surface area (Å²) in [6, 6.07) is 0. The standard InChI is InChI=1S/C7H12NO2/c1-6-3-4-8(5-6)7(9)10-2/h6H,1,3-5H2,2H3. The molecule has 0 N–H and O–H groups in total. The van der Waals surface area contributed by atoms with Crippen LogP contribution in [0, 0.1) is 12.8 Å². The highest BCUT2D eigenvalue weighted by molar-refractivity contribution is 5.67. The summed E-state index contributed by atoms with van der Waals surface area (Å²) in [6.45, 7) is 5.39. The van der Waals surface area contributed by atoms with Crippen molar-refractivity contribution < 1.29 is 9.53 Å². The molecule has 0 bridgehead atoms. The van der Waals surface area contributed by atoms with E-state index in [1.165, 1.54) is 7.11 Å². The molecule has 1 amide bonds. The van der Waals surface area contributed by atoms with Crippen LogP contribution in [0.4, 0.5) is 4.79 Å². The number of rotatable bonds is 0. The molecule has 1 aliphatic rings. The summed E-state index contributed by atoms with van der Waals surface area (Å²) in [7, 11) is 1.40. The molecule has 3 nitrogen and oxygen atoms in total. The molecular formula is C7H12NO2. The van der Waals surface area contributed by atoms with E-state index in [0.717, 1.165) is 19.5 Å². The van der Waals surface area contributed by atoms with Gasteiger partial charge in [0.05, 0.1) is 7.11 Å². The van der Waals surface area contributed by atoms with Crippen molar-refractivity contribution in [1.82, 2.24) is 4.90 Å². The molecule has 1 fully saturated rings. The average Bonchev–Trinajstić information content (AvgIpc) is 2.34. The molecule has 1 rings (SSSR count). The highest BCUT2D eigenvalue weighted by atomic mass is 16.5. The number of likely N-dealkylation sites (tertiary alicyclic amines) is 1. The monoisotopic (exact) mass is 142 g/mol. The van der Waals surface area contributed by atoms with E-state index in [4.69, 9.17) is 0 Å². The molecule has 0 aromatic heterocycles. The van der Waals surface area contributed by atoms with E-state index in [-0.39, 0.29) is 6.09 Å². The van der Waals surface area contributed by atoms with Crippen LogP contribution < -0.4 is 0 Å². The summed E-state index contributed by atoms with van der Waals surface area (Å²) in [6.07, 6.45) is 0.765. The summed E-state index contributed by atoms with van der Waals surface area (Å²) in [4.78, 5) is 12.5. The molecule has 0 saturated carbocycles. The highest BCUT2D eigenvalue weighted by Gasteiger charge is 2.23. The van der Waals surface area contributed by atoms with Gasteiger partial charge in [0.1, 0.15) is 0 Å². The predicted octanol–water partition coefficient (Wildman–Crippen LogP) is 0.909. The Kier molecular flexibility index (Phi) is 2.14. The number of amides is 1. The van der Waals surface area contributed by atoms with Gasteiger partial charge in [-0.2, -0.15) is 0 Å². The van der Waals surface area contributed by atoms with Gasteiger partial charge in [0.25, 0.3) is 0 Å². The molecule has 1 saturated heterocycles. The Morgan fingerprint density at radius 1 is 1.80 bits per heavy atom. The lowest BCUT2D eigenvalue weighted by Crippen LogP contribution is -2.28. The van der Waals surface area contributed by atoms with Crippen molar-refractivity contribution in [1.29, 1.82) is 0 Å². The van der Waals surface area contributed by atoms with Crippen molar-refractivity contribution >= 4 is 6.09 Å². The molecular weight excluding hydrogens is 130 g/mol. The number of methoxy groups -OCH3 is 1. The molecule has 57 valence electrons. The Morgan fingerprint density at radius 3 is 2.90 bits per heavy atom. The maximum Gasteiger partial charge on any atom is 0.409 e. The zero-order valence-corrected chi connectivity index (χ0v) is 6.17. The number of carbonyl (C=O) groups excluding carboxylic acids is 1. The smallest absolute Gasteiger partial charge is 0.409 e. The lowest BCUT2D eigenvalue weighted by atomic mass is 10.2. The van der Waals surface area contributed by atoms with Crippen LogP contribution in [0.2, 0.25) is 0 Å². The Bertz CT molecular complexity index is 136. The topological polar surface area (TPSA) is 29.5 Å². The van der Waals surface area contributed by atoms with Crippen LogP contribution in [0.25, 0.3) is 0 Å². The van der Waals surface area contributed by atoms with Crippen molar-refractivity contribution in [2.75, 3.05) is 20.2 Å². The van der Waals surface area contributed by atoms with Crippen LogP contribution in [0.5, 0.6) is 0 Å². The normalized spacial score (nSPS) is 25.0. The molecule has 1 heterocycles. The van der Waals surface area contributed by atoms with Crippen LogP contribution in [0.3, 0.4) is 0 Å². The molecule has 1 aliphatic heterocycles. The zero-order valence-electron chi connectivity index (χ0n) is 6.17. The molecule has 1 unspecified atom stereocenters. The molecule has 1 radical (unpaired) electrons. The number of hydrogen-bond acceptors (Lipinski definition) is 2. The van der Waals surface area contributed by atoms with Crippen LogP contribution >= 0.6 is 0 Å². The van der Waals surface area contributed by atoms with Gasteiger partial charge in [-0.1, -0.05) is 0 Å². The van der Waals surface area contributed by atoms with E-state index in [2.05, 4.69) is 11.7 Å². The van der Waals surface area contributed by atoms with E-state index in [1.807, 2.05) is 0 Å². The van der Waals surface area contributed by atoms with Gasteiger partial charge in [0, 0.05) is 13.1 Å². The van der Waals surface area contributed by atoms with Crippen LogP contribution in [0.15, 0.2) is 0 Å². The first kappa shape index (κ1) is 7.38. The highest BCUT2D eigenvalue weighted by Crippen LogP contribution is 2.14. The number of ether oxygens (including phenoxy) is 1. The lowest BCUT2D eigenvalue weighted by molar-refractivity contribution is 0.132. The molecule has 0 spiro atoms. The maximum absolute atomic E-state index is 10.8. The average molecular weight is 142 g/mol. The third kappa shape index (κ3) is 1.40. The van der Waals surface area contributed by atoms with Crippen LogP contribution in [-0.4, -0.2) is 31.2 Å². The molecule has 10 heavy (non-hydrogen) atoms. The van der Waals surface area contributed by atoms with Gasteiger partial charge in [0.15, 0.2) is 0 Å². The van der Waals surface area contributed by atoms with E-state index in [0.29, 0.717) is 5.92 Å². The lowest BCUT2D eigenvalue weighted by Gasteiger charge is -2.12. The Balaban J connectivity index is 2.37. The molecule has 1 atom stereocenters. The van der Waals surface area contributed by atoms with Crippen molar-refractivity contribution in [2.45, 2.75) is 6.42 Å². The third-order valence-corrected chi connectivity index (χ3v) is 1.72. The summed E-state index contributed by atoms with van der Waals surface area (Å²) in [5.74, 6) is 0.388. The summed E-state index contributed by atoms with van der Waals surface area (Å²) in [5, 5.41) is 0. The van der Waals surface area contributed by atoms with Gasteiger partial charge in [-0.05, 0) is 19.3 Å². The van der Waals surface area contributed by atoms with Gasteiger partial charge in [-0.15, -0.1) is 0 Å². The molecule has 0 aliphatic carbocycles. The maximum atomic E-state index is 10.8. The summed E-state index contributed by atoms with van der Waals surface area (Å²) < 4.78 is 4.54. The largest absolute Gasteiger partial charge is 0.453 e. The Labute approximate surface area is 61.0 Å². The van der Waals surface area contributed by atoms with Crippen molar-refractivity contribution in [3.8, 4) is 0 Å². The molecule has 0 aromatic rings. The second-order valence-corrected chi connectivity index (χ2v) is 2.57. The fraction of sp³-hybridized carbons (Fsp3) is 0.714. The molecule has 3 heteroatoms. The van der Waals surface area contributed by atoms with Gasteiger partial charge in [-0.25, -0.2) is 4.79 Å². The van der Waals surface area contributed by atoms with Gasteiger partial charge < -0.3 is 9.64 Å². The Morgan fingerprint density at radius 2 is 2.50 bits per heavy atom. The second kappa shape index (κ2) is 2.90. The van der Waals surface area contributed by atoms with E-state index < -0.39 is 0 Å².